The van der Waals surface area contributed by atoms with Crippen molar-refractivity contribution in [3.8, 4) is 0 Å². The molecule has 1 aromatic carbocycles. The van der Waals surface area contributed by atoms with E-state index in [-0.39, 0.29) is 5.02 Å². The van der Waals surface area contributed by atoms with E-state index in [4.69, 9.17) is 11.6 Å². The lowest BCUT2D eigenvalue weighted by atomic mass is 10.2. The van der Waals surface area contributed by atoms with E-state index in [1.54, 1.807) is 12.1 Å². The maximum atomic E-state index is 13.0. The summed E-state index contributed by atoms with van der Waals surface area (Å²) in [5.41, 5.74) is 0.916. The fraction of sp³-hybridized carbons (Fsp3) is 0.333. The molecule has 2 rings (SSSR count). The Morgan fingerprint density at radius 1 is 1.37 bits per heavy atom. The van der Waals surface area contributed by atoms with E-state index in [0.29, 0.717) is 19.0 Å². The third-order valence-electron chi connectivity index (χ3n) is 2.53. The molecule has 0 saturated heterocycles. The maximum Gasteiger partial charge on any atom is 0.244 e. The fourth-order valence-corrected chi connectivity index (χ4v) is 1.74. The Hall–Kier alpha value is -1.66. The first-order valence-electron chi connectivity index (χ1n) is 5.79. The van der Waals surface area contributed by atoms with Crippen LogP contribution in [0.4, 0.5) is 10.3 Å². The van der Waals surface area contributed by atoms with Crippen LogP contribution in [0, 0.1) is 5.82 Å². The van der Waals surface area contributed by atoms with Gasteiger partial charge in [-0.1, -0.05) is 17.7 Å². The number of rotatable bonds is 5. The Morgan fingerprint density at radius 3 is 2.79 bits per heavy atom. The summed E-state index contributed by atoms with van der Waals surface area (Å²) in [5.74, 6) is 0.981. The van der Waals surface area contributed by atoms with Gasteiger partial charge in [-0.3, -0.25) is 5.10 Å². The molecule has 0 atom stereocenters. The summed E-state index contributed by atoms with van der Waals surface area (Å²) in [7, 11) is 3.75. The average molecular weight is 284 g/mol. The molecule has 0 aliphatic rings. The summed E-state index contributed by atoms with van der Waals surface area (Å²) >= 11 is 5.71. The summed E-state index contributed by atoms with van der Waals surface area (Å²) in [6.07, 6.45) is 0. The van der Waals surface area contributed by atoms with E-state index in [1.165, 1.54) is 6.07 Å². The van der Waals surface area contributed by atoms with Crippen LogP contribution in [0.1, 0.15) is 11.4 Å². The minimum atomic E-state index is -0.406. The minimum Gasteiger partial charge on any atom is -0.346 e. The van der Waals surface area contributed by atoms with Crippen molar-refractivity contribution < 1.29 is 4.39 Å². The normalized spacial score (nSPS) is 10.7. The molecule has 0 unspecified atom stereocenters. The number of aromatic nitrogens is 3. The monoisotopic (exact) mass is 283 g/mol. The first kappa shape index (κ1) is 13.8. The minimum absolute atomic E-state index is 0.133. The summed E-state index contributed by atoms with van der Waals surface area (Å²) < 4.78 is 13.0. The van der Waals surface area contributed by atoms with Crippen LogP contribution in [0.15, 0.2) is 18.2 Å². The van der Waals surface area contributed by atoms with E-state index in [2.05, 4.69) is 20.5 Å². The molecule has 0 radical (unpaired) electrons. The molecule has 5 nitrogen and oxygen atoms in total. The third kappa shape index (κ3) is 3.65. The van der Waals surface area contributed by atoms with E-state index in [1.807, 2.05) is 19.0 Å². The van der Waals surface area contributed by atoms with Crippen LogP contribution in [0.3, 0.4) is 0 Å². The van der Waals surface area contributed by atoms with Crippen molar-refractivity contribution in [3.63, 3.8) is 0 Å². The van der Waals surface area contributed by atoms with Gasteiger partial charge in [0, 0.05) is 20.6 Å². The van der Waals surface area contributed by atoms with Crippen LogP contribution in [0.5, 0.6) is 0 Å². The predicted molar refractivity (Wildman–Crippen MR) is 72.7 cm³/mol. The van der Waals surface area contributed by atoms with E-state index in [9.17, 15) is 4.39 Å². The molecular formula is C12H15ClFN5. The Bertz CT molecular complexity index is 555. The summed E-state index contributed by atoms with van der Waals surface area (Å²) in [6.45, 7) is 1.13. The Kier molecular flexibility index (Phi) is 4.34. The molecule has 2 aromatic rings. The van der Waals surface area contributed by atoms with Crippen LogP contribution in [0.25, 0.3) is 0 Å². The number of nitrogens with one attached hydrogen (secondary N) is 2. The van der Waals surface area contributed by atoms with Crippen molar-refractivity contribution >= 4 is 17.5 Å². The molecule has 0 amide bonds. The lowest BCUT2D eigenvalue weighted by molar-refractivity contribution is 0.624. The van der Waals surface area contributed by atoms with Gasteiger partial charge in [0.2, 0.25) is 5.95 Å². The largest absolute Gasteiger partial charge is 0.346 e. The van der Waals surface area contributed by atoms with Crippen molar-refractivity contribution in [2.45, 2.75) is 13.1 Å². The second kappa shape index (κ2) is 5.99. The van der Waals surface area contributed by atoms with Gasteiger partial charge >= 0.3 is 0 Å². The number of aromatic amines is 1. The fourth-order valence-electron chi connectivity index (χ4n) is 1.54. The topological polar surface area (TPSA) is 56.8 Å². The van der Waals surface area contributed by atoms with E-state index in [0.717, 1.165) is 11.4 Å². The highest BCUT2D eigenvalue weighted by Crippen LogP contribution is 2.15. The van der Waals surface area contributed by atoms with Gasteiger partial charge in [0.25, 0.3) is 0 Å². The molecule has 0 saturated carbocycles. The SMILES string of the molecule is CN(C)c1n[nH]c(CNCc2ccc(F)c(Cl)c2)n1. The van der Waals surface area contributed by atoms with Gasteiger partial charge in [0.05, 0.1) is 11.6 Å². The zero-order chi connectivity index (χ0) is 13.8. The van der Waals surface area contributed by atoms with Crippen molar-refractivity contribution in [1.29, 1.82) is 0 Å². The maximum absolute atomic E-state index is 13.0. The van der Waals surface area contributed by atoms with Gasteiger partial charge in [0.15, 0.2) is 0 Å². The first-order valence-corrected chi connectivity index (χ1v) is 6.17. The lowest BCUT2D eigenvalue weighted by Gasteiger charge is -2.05. The molecule has 1 aromatic heterocycles. The Balaban J connectivity index is 1.87. The zero-order valence-corrected chi connectivity index (χ0v) is 11.5. The number of nitrogens with zero attached hydrogens (tertiary/aromatic N) is 3. The smallest absolute Gasteiger partial charge is 0.244 e. The van der Waals surface area contributed by atoms with Crippen molar-refractivity contribution in [3.05, 3.63) is 40.4 Å². The molecule has 0 fully saturated rings. The average Bonchev–Trinajstić information content (AvgIpc) is 2.83. The molecule has 7 heteroatoms. The number of benzene rings is 1. The van der Waals surface area contributed by atoms with Crippen molar-refractivity contribution in [2.75, 3.05) is 19.0 Å². The number of halogens is 2. The molecule has 0 aliphatic heterocycles. The van der Waals surface area contributed by atoms with Gasteiger partial charge in [-0.2, -0.15) is 4.98 Å². The molecule has 0 bridgehead atoms. The molecule has 0 spiro atoms. The molecular weight excluding hydrogens is 269 g/mol. The highest BCUT2D eigenvalue weighted by molar-refractivity contribution is 6.30. The number of hydrogen-bond acceptors (Lipinski definition) is 4. The van der Waals surface area contributed by atoms with E-state index < -0.39 is 5.82 Å². The number of anilines is 1. The molecule has 2 N–H and O–H groups in total. The van der Waals surface area contributed by atoms with Crippen LogP contribution >= 0.6 is 11.6 Å². The summed E-state index contributed by atoms with van der Waals surface area (Å²) in [5, 5.41) is 10.2. The van der Waals surface area contributed by atoms with Crippen LogP contribution < -0.4 is 10.2 Å². The predicted octanol–water partition coefficient (Wildman–Crippen LogP) is 1.95. The van der Waals surface area contributed by atoms with Gasteiger partial charge in [-0.05, 0) is 17.7 Å². The van der Waals surface area contributed by atoms with Crippen LogP contribution in [-0.2, 0) is 13.1 Å². The number of hydrogen-bond donors (Lipinski definition) is 2. The lowest BCUT2D eigenvalue weighted by Crippen LogP contribution is -2.14. The summed E-state index contributed by atoms with van der Waals surface area (Å²) in [6, 6.07) is 4.66. The summed E-state index contributed by atoms with van der Waals surface area (Å²) in [4.78, 5) is 6.10. The molecule has 1 heterocycles. The van der Waals surface area contributed by atoms with Gasteiger partial charge < -0.3 is 10.2 Å². The van der Waals surface area contributed by atoms with Crippen molar-refractivity contribution in [2.24, 2.45) is 0 Å². The highest BCUT2D eigenvalue weighted by Gasteiger charge is 2.05. The quantitative estimate of drug-likeness (QED) is 0.881. The first-order chi connectivity index (χ1) is 9.06. The van der Waals surface area contributed by atoms with Gasteiger partial charge in [-0.25, -0.2) is 4.39 Å². The second-order valence-corrected chi connectivity index (χ2v) is 4.74. The molecule has 102 valence electrons. The van der Waals surface area contributed by atoms with Crippen molar-refractivity contribution in [1.82, 2.24) is 20.5 Å². The second-order valence-electron chi connectivity index (χ2n) is 4.33. The molecule has 19 heavy (non-hydrogen) atoms. The van der Waals surface area contributed by atoms with Crippen LogP contribution in [-0.4, -0.2) is 29.3 Å². The highest BCUT2D eigenvalue weighted by atomic mass is 35.5. The van der Waals surface area contributed by atoms with Crippen LogP contribution in [0.2, 0.25) is 5.02 Å². The van der Waals surface area contributed by atoms with E-state index >= 15 is 0 Å². The Labute approximate surface area is 115 Å². The Morgan fingerprint density at radius 2 is 2.16 bits per heavy atom. The standard InChI is InChI=1S/C12H15ClFN5/c1-19(2)12-16-11(17-18-12)7-15-6-8-3-4-10(14)9(13)5-8/h3-5,15H,6-7H2,1-2H3,(H,16,17,18). The zero-order valence-electron chi connectivity index (χ0n) is 10.7. The number of H-pyrrole nitrogens is 1. The van der Waals surface area contributed by atoms with Gasteiger partial charge in [0.1, 0.15) is 11.6 Å². The molecule has 0 aliphatic carbocycles. The van der Waals surface area contributed by atoms with Gasteiger partial charge in [-0.15, -0.1) is 5.10 Å². The third-order valence-corrected chi connectivity index (χ3v) is 2.82.